The molecule has 15 N–H and O–H groups in total. The van der Waals surface area contributed by atoms with Crippen LogP contribution in [0, 0.1) is 35.5 Å². The molecule has 115 heavy (non-hydrogen) atoms. The van der Waals surface area contributed by atoms with Gasteiger partial charge in [0, 0.05) is 68.5 Å². The van der Waals surface area contributed by atoms with Gasteiger partial charge in [-0.3, -0.25) is 57.9 Å². The highest BCUT2D eigenvalue weighted by atomic mass is 35.5. The van der Waals surface area contributed by atoms with Gasteiger partial charge >= 0.3 is 0 Å². The van der Waals surface area contributed by atoms with E-state index < -0.39 is 221 Å². The molecule has 608 valence electrons. The van der Waals surface area contributed by atoms with E-state index in [1.54, 1.807) is 79.2 Å². The Morgan fingerprint density at radius 1 is 0.443 bits per heavy atom. The molecule has 5 aromatic carbocycles. The Labute approximate surface area is 674 Å². The topological polar surface area (TPSA) is 467 Å². The Hall–Kier alpha value is -9.60. The molecule has 0 radical (unpaired) electrons. The zero-order chi connectivity index (χ0) is 84.3. The lowest BCUT2D eigenvalue weighted by Gasteiger charge is -2.54. The minimum absolute atomic E-state index is 0.000570. The van der Waals surface area contributed by atoms with Crippen LogP contribution in [0.5, 0.6) is 17.2 Å². The van der Waals surface area contributed by atoms with E-state index >= 15 is 0 Å². The molecule has 0 amide bonds. The largest absolute Gasteiger partial charge is 0.508 e. The number of ketones is 9. The predicted octanol–water partition coefficient (Wildman–Crippen LogP) is 7.31. The van der Waals surface area contributed by atoms with Gasteiger partial charge < -0.3 is 76.6 Å². The van der Waals surface area contributed by atoms with Crippen LogP contribution in [0.1, 0.15) is 105 Å². The average Bonchev–Trinajstić information content (AvgIpc) is 0.697. The van der Waals surface area contributed by atoms with Crippen LogP contribution in [0.25, 0.3) is 17.3 Å². The van der Waals surface area contributed by atoms with Gasteiger partial charge in [0.25, 0.3) is 0 Å². The monoisotopic (exact) mass is 1640 g/mol. The Morgan fingerprint density at radius 2 is 0.791 bits per heavy atom. The molecule has 3 fully saturated rings. The lowest BCUT2D eigenvalue weighted by atomic mass is 9.54. The molecule has 0 saturated heterocycles. The first-order valence-corrected chi connectivity index (χ1v) is 39.9. The van der Waals surface area contributed by atoms with Gasteiger partial charge in [-0.2, -0.15) is 11.8 Å². The Bertz CT molecular complexity index is 5150. The summed E-state index contributed by atoms with van der Waals surface area (Å²) in [6.45, 7) is 10.8. The van der Waals surface area contributed by atoms with E-state index in [-0.39, 0.29) is 64.0 Å². The number of hydrogen-bond donors (Lipinski definition) is 15. The summed E-state index contributed by atoms with van der Waals surface area (Å²) < 4.78 is 0. The standard InChI is InChI=1S/C31H33NO8S.C30H31NO8S.C24H26ClNO8/c1-4-32(3)25-24-27(36)22-18(14-41-13-16-9-6-5-7-10-16)17-11-8-12-19(34)21(17)26(35)23(22)30(39)31(24,40)29(38)20(15(2)33)28(25)37;1-4-31(3)24-23-26(35)21-17(13-40-15-9-6-5-7-10-15)16-11-8-12-18(33)20(16)25(34)22(21)29(38)30(23,39)28(37)19(14(2)32)27(24)36;1-5-26(4)17-16-20(30)12-8(2)10-6-7-11(25)18(28)14(10)19(29)15(12)23(33)24(16,34)22(32)13(9(3)27)21(17)31/h5-12,18,22,24-25,27,34-36,38,40H,4,13-14H2,1-3H3;5-12,17,21,23-24,26,33-35,37,39H,4,13H2,1-3H3;6-8,12,16-17,20,28-30,32,34H,5H2,1-4H3/t18?,22?,24?,25-,27?,31+;17?,21?,23?,24-,26?,30+;8?,12?,16?,17-,20?,24+/m000/s1. The summed E-state index contributed by atoms with van der Waals surface area (Å²) in [7, 11) is 4.69. The van der Waals surface area contributed by atoms with Crippen LogP contribution < -0.4 is 0 Å². The number of halogens is 1. The summed E-state index contributed by atoms with van der Waals surface area (Å²) in [4.78, 5) is 126. The number of thioether (sulfide) groups is 2. The maximum Gasteiger partial charge on any atom is 0.202 e. The number of aliphatic hydroxyl groups is 12. The molecule has 18 atom stereocenters. The summed E-state index contributed by atoms with van der Waals surface area (Å²) in [5, 5.41) is 170. The molecular formula is C85H90ClN3O24S2. The van der Waals surface area contributed by atoms with Crippen LogP contribution in [0.3, 0.4) is 0 Å². The minimum Gasteiger partial charge on any atom is -0.508 e. The zero-order valence-electron chi connectivity index (χ0n) is 64.2. The number of rotatable bonds is 16. The molecule has 0 bridgehead atoms. The van der Waals surface area contributed by atoms with E-state index in [0.29, 0.717) is 33.9 Å². The molecular weight excluding hydrogens is 1550 g/mol. The summed E-state index contributed by atoms with van der Waals surface area (Å²) >= 11 is 8.99. The minimum atomic E-state index is -2.86. The number of likely N-dealkylation sites (N-methyl/N-ethyl adjacent to an activating group) is 3. The highest BCUT2D eigenvalue weighted by Gasteiger charge is 2.72. The molecule has 12 unspecified atom stereocenters. The van der Waals surface area contributed by atoms with Crippen LogP contribution in [0.2, 0.25) is 5.02 Å². The number of carbonyl (C=O) groups is 9. The van der Waals surface area contributed by atoms with Crippen molar-refractivity contribution in [3.63, 3.8) is 0 Å². The van der Waals surface area contributed by atoms with Gasteiger partial charge in [-0.25, -0.2) is 0 Å². The lowest BCUT2D eigenvalue weighted by molar-refractivity contribution is -0.170. The maximum absolute atomic E-state index is 14.3. The number of carbonyl (C=O) groups excluding carboxylic acids is 9. The second kappa shape index (κ2) is 31.8. The average molecular weight is 1640 g/mol. The predicted molar refractivity (Wildman–Crippen MR) is 423 cm³/mol. The molecule has 5 aromatic rings. The summed E-state index contributed by atoms with van der Waals surface area (Å²) in [5.41, 5.74) is -9.44. The fourth-order valence-corrected chi connectivity index (χ4v) is 21.5. The molecule has 0 aliphatic heterocycles. The molecule has 0 spiro atoms. The number of aromatic hydroxyl groups is 3. The fraction of sp³-hybridized carbons (Fsp3) is 0.400. The molecule has 3 saturated carbocycles. The van der Waals surface area contributed by atoms with Crippen LogP contribution in [0.4, 0.5) is 0 Å². The van der Waals surface area contributed by atoms with Gasteiger partial charge in [0.05, 0.1) is 75.9 Å². The highest BCUT2D eigenvalue weighted by Crippen LogP contribution is 2.61. The zero-order valence-corrected chi connectivity index (χ0v) is 66.6. The van der Waals surface area contributed by atoms with Gasteiger partial charge in [0.2, 0.25) is 17.3 Å². The number of phenols is 3. The fourth-order valence-electron chi connectivity index (χ4n) is 19.0. The summed E-state index contributed by atoms with van der Waals surface area (Å²) in [5.74, 6) is -23.1. The number of aliphatic hydroxyl groups excluding tert-OH is 9. The molecule has 0 heterocycles. The second-order valence-corrected chi connectivity index (χ2v) is 33.2. The third kappa shape index (κ3) is 13.0. The SMILES string of the molecule is CCN(C)[C@@H]1C(=O)C(C(C)=O)=C(O)[C@@]2(O)C(=O)C3=C(O)c4c(O)cccc4C(CSCc4ccccc4)C3C(O)C12.CCN(C)[C@@H]1C(=O)C(C(C)=O)=C(O)[C@@]2(O)C(=O)C3=C(O)c4c(O)cccc4C(CSc4ccccc4)C3C(O)C12.CCN(C)[C@@H]1C(=O)C(C(C)=O)=C(O)[C@@]2(O)C(=O)C3=C(O)c4c(ccc(Cl)c4O)C(C)C3C(O)C12. The van der Waals surface area contributed by atoms with E-state index in [0.717, 1.165) is 31.2 Å². The molecule has 30 heteroatoms. The van der Waals surface area contributed by atoms with Crippen molar-refractivity contribution in [3.8, 4) is 17.2 Å². The Balaban J connectivity index is 0.000000160. The van der Waals surface area contributed by atoms with Gasteiger partial charge in [-0.05, 0) is 120 Å². The van der Waals surface area contributed by atoms with Crippen LogP contribution in [-0.4, -0.2) is 249 Å². The van der Waals surface area contributed by atoms with Crippen molar-refractivity contribution >= 4 is 104 Å². The highest BCUT2D eigenvalue weighted by molar-refractivity contribution is 7.99. The Kier molecular flexibility index (Phi) is 23.4. The third-order valence-electron chi connectivity index (χ3n) is 24.8. The molecule has 9 aliphatic rings. The van der Waals surface area contributed by atoms with Crippen molar-refractivity contribution in [1.29, 1.82) is 0 Å². The first-order chi connectivity index (χ1) is 54.2. The maximum atomic E-state index is 14.3. The van der Waals surface area contributed by atoms with E-state index in [9.17, 15) is 120 Å². The lowest BCUT2D eigenvalue weighted by Crippen LogP contribution is -2.70. The van der Waals surface area contributed by atoms with Crippen molar-refractivity contribution in [2.45, 2.75) is 130 Å². The van der Waals surface area contributed by atoms with E-state index in [2.05, 4.69) is 0 Å². The van der Waals surface area contributed by atoms with Crippen LogP contribution >= 0.6 is 35.1 Å². The first-order valence-electron chi connectivity index (χ1n) is 37.4. The van der Waals surface area contributed by atoms with E-state index in [4.69, 9.17) is 11.6 Å². The van der Waals surface area contributed by atoms with Crippen molar-refractivity contribution < 1.29 is 120 Å². The first kappa shape index (κ1) is 84.8. The summed E-state index contributed by atoms with van der Waals surface area (Å²) in [6.07, 6.45) is -4.78. The quantitative estimate of drug-likeness (QED) is 0.0340. The number of nitrogens with zero attached hydrogens (tertiary/aromatic N) is 3. The van der Waals surface area contributed by atoms with Gasteiger partial charge in [0.15, 0.2) is 51.5 Å². The second-order valence-electron chi connectivity index (χ2n) is 30.7. The van der Waals surface area contributed by atoms with Gasteiger partial charge in [0.1, 0.15) is 68.5 Å². The smallest absolute Gasteiger partial charge is 0.202 e. The number of Topliss-reactive ketones (excluding diaryl/α,β-unsaturated/α-hetero) is 9. The number of benzene rings is 5. The van der Waals surface area contributed by atoms with Crippen molar-refractivity contribution in [2.24, 2.45) is 35.5 Å². The molecule has 0 aromatic heterocycles. The van der Waals surface area contributed by atoms with E-state index in [1.165, 1.54) is 56.4 Å². The van der Waals surface area contributed by atoms with E-state index in [1.807, 2.05) is 60.7 Å². The van der Waals surface area contributed by atoms with Crippen molar-refractivity contribution in [3.05, 3.63) is 204 Å². The van der Waals surface area contributed by atoms with Gasteiger partial charge in [-0.1, -0.05) is 118 Å². The van der Waals surface area contributed by atoms with Crippen LogP contribution in [0.15, 0.2) is 165 Å². The summed E-state index contributed by atoms with van der Waals surface area (Å²) in [6, 6.07) is 27.6. The van der Waals surface area contributed by atoms with Crippen molar-refractivity contribution in [2.75, 3.05) is 52.3 Å². The molecule has 14 rings (SSSR count). The molecule has 9 aliphatic carbocycles. The normalized spacial score (nSPS) is 30.6. The Morgan fingerprint density at radius 3 is 1.17 bits per heavy atom. The van der Waals surface area contributed by atoms with Gasteiger partial charge in [-0.15, -0.1) is 11.8 Å². The number of fused-ring (bicyclic) bond motifs is 9. The van der Waals surface area contributed by atoms with Crippen LogP contribution in [-0.2, 0) is 48.9 Å². The number of phenolic OH excluding ortho intramolecular Hbond substituents is 3. The number of hydrogen-bond acceptors (Lipinski definition) is 29. The molecule has 27 nitrogen and oxygen atoms in total. The third-order valence-corrected chi connectivity index (χ3v) is 27.4. The van der Waals surface area contributed by atoms with Crippen molar-refractivity contribution in [1.82, 2.24) is 14.7 Å².